The van der Waals surface area contributed by atoms with Crippen LogP contribution < -0.4 is 5.11 Å². The summed E-state index contributed by atoms with van der Waals surface area (Å²) in [7, 11) is 0. The van der Waals surface area contributed by atoms with Gasteiger partial charge in [-0.25, -0.2) is 4.79 Å². The number of hydrogen-bond donors (Lipinski definition) is 0. The van der Waals surface area contributed by atoms with Crippen molar-refractivity contribution in [2.45, 2.75) is 32.3 Å². The highest BCUT2D eigenvalue weighted by atomic mass is 16.6. The standard InChI is InChI=1S/C18H21N3O4/c1-3-24-16(22)15-12-19-21-11-10-20(13-14-8-6-5-7-9-14)17(21)18(15,23)25-4-2/h5-12,17H,3-4,13H2,1-2H3. The van der Waals surface area contributed by atoms with Gasteiger partial charge < -0.3 is 19.5 Å². The van der Waals surface area contributed by atoms with Gasteiger partial charge in [0, 0.05) is 13.2 Å². The van der Waals surface area contributed by atoms with Crippen molar-refractivity contribution in [3.05, 3.63) is 60.1 Å². The molecule has 25 heavy (non-hydrogen) atoms. The van der Waals surface area contributed by atoms with E-state index in [0.717, 1.165) is 5.56 Å². The zero-order chi connectivity index (χ0) is 17.9. The Labute approximate surface area is 146 Å². The molecule has 2 unspecified atom stereocenters. The van der Waals surface area contributed by atoms with Gasteiger partial charge >= 0.3 is 5.97 Å². The minimum absolute atomic E-state index is 0.112. The summed E-state index contributed by atoms with van der Waals surface area (Å²) in [6.07, 6.45) is 3.94. The zero-order valence-corrected chi connectivity index (χ0v) is 14.3. The lowest BCUT2D eigenvalue weighted by Crippen LogP contribution is -2.66. The number of azo groups is 2. The first kappa shape index (κ1) is 17.3. The first-order valence-electron chi connectivity index (χ1n) is 8.29. The second-order valence-corrected chi connectivity index (χ2v) is 5.69. The quantitative estimate of drug-likeness (QED) is 0.442. The number of esters is 1. The fourth-order valence-electron chi connectivity index (χ4n) is 3.02. The highest BCUT2D eigenvalue weighted by molar-refractivity contribution is 5.90. The molecule has 0 aromatic heterocycles. The number of benzene rings is 1. The maximum atomic E-state index is 13.6. The van der Waals surface area contributed by atoms with Gasteiger partial charge in [-0.3, -0.25) is 0 Å². The van der Waals surface area contributed by atoms with Crippen LogP contribution in [0.1, 0.15) is 19.4 Å². The molecular weight excluding hydrogens is 322 g/mol. The molecule has 0 bridgehead atoms. The van der Waals surface area contributed by atoms with Crippen LogP contribution in [0.4, 0.5) is 0 Å². The molecule has 2 atom stereocenters. The lowest BCUT2D eigenvalue weighted by Gasteiger charge is -2.44. The Kier molecular flexibility index (Phi) is 4.96. The summed E-state index contributed by atoms with van der Waals surface area (Å²) in [4.78, 5) is 14.1. The van der Waals surface area contributed by atoms with E-state index in [2.05, 4.69) is 5.11 Å². The largest absolute Gasteiger partial charge is 0.818 e. The van der Waals surface area contributed by atoms with Crippen molar-refractivity contribution < 1.29 is 24.1 Å². The summed E-state index contributed by atoms with van der Waals surface area (Å²) in [5.74, 6) is -2.79. The van der Waals surface area contributed by atoms with E-state index in [-0.39, 0.29) is 18.8 Å². The van der Waals surface area contributed by atoms with E-state index in [0.29, 0.717) is 6.54 Å². The van der Waals surface area contributed by atoms with Gasteiger partial charge in [-0.15, -0.1) is 0 Å². The van der Waals surface area contributed by atoms with Crippen molar-refractivity contribution in [3.8, 4) is 0 Å². The average Bonchev–Trinajstić information content (AvgIpc) is 3.00. The summed E-state index contributed by atoms with van der Waals surface area (Å²) in [6, 6.07) is 9.77. The molecule has 1 aromatic carbocycles. The van der Waals surface area contributed by atoms with Gasteiger partial charge in [-0.2, -0.15) is 0 Å². The summed E-state index contributed by atoms with van der Waals surface area (Å²) in [5, 5.41) is 17.8. The SMILES string of the molecule is CCOC(=O)C1=CN=[N+]2C=CN(Cc3ccccc3)C2C1([O-])OCC. The van der Waals surface area contributed by atoms with E-state index in [1.165, 1.54) is 10.9 Å². The predicted octanol–water partition coefficient (Wildman–Crippen LogP) is 1.32. The monoisotopic (exact) mass is 343 g/mol. The van der Waals surface area contributed by atoms with E-state index in [1.54, 1.807) is 26.2 Å². The summed E-state index contributed by atoms with van der Waals surface area (Å²) in [5.41, 5.74) is 0.930. The van der Waals surface area contributed by atoms with Gasteiger partial charge in [-0.1, -0.05) is 35.0 Å². The van der Waals surface area contributed by atoms with Crippen molar-refractivity contribution in [1.29, 1.82) is 0 Å². The topological polar surface area (TPSA) is 77.2 Å². The maximum absolute atomic E-state index is 13.6. The minimum Gasteiger partial charge on any atom is -0.818 e. The van der Waals surface area contributed by atoms with Crippen LogP contribution in [0.3, 0.4) is 0 Å². The second-order valence-electron chi connectivity index (χ2n) is 5.69. The highest BCUT2D eigenvalue weighted by Crippen LogP contribution is 2.33. The van der Waals surface area contributed by atoms with Gasteiger partial charge in [0.1, 0.15) is 12.0 Å². The van der Waals surface area contributed by atoms with Crippen LogP contribution in [0.25, 0.3) is 0 Å². The second kappa shape index (κ2) is 7.16. The predicted molar refractivity (Wildman–Crippen MR) is 86.7 cm³/mol. The van der Waals surface area contributed by atoms with Gasteiger partial charge in [0.15, 0.2) is 0 Å². The van der Waals surface area contributed by atoms with Crippen molar-refractivity contribution in [2.24, 2.45) is 5.11 Å². The van der Waals surface area contributed by atoms with E-state index < -0.39 is 17.9 Å². The Morgan fingerprint density at radius 3 is 2.76 bits per heavy atom. The van der Waals surface area contributed by atoms with E-state index >= 15 is 0 Å². The fraction of sp³-hybridized carbons (Fsp3) is 0.389. The third kappa shape index (κ3) is 3.20. The van der Waals surface area contributed by atoms with Crippen LogP contribution in [0.15, 0.2) is 59.6 Å². The first-order valence-corrected chi connectivity index (χ1v) is 8.29. The average molecular weight is 343 g/mol. The zero-order valence-electron chi connectivity index (χ0n) is 14.3. The molecule has 0 spiro atoms. The van der Waals surface area contributed by atoms with Crippen molar-refractivity contribution in [1.82, 2.24) is 4.90 Å². The molecule has 2 heterocycles. The molecule has 2 aliphatic rings. The molecule has 0 saturated heterocycles. The van der Waals surface area contributed by atoms with E-state index in [1.807, 2.05) is 35.2 Å². The normalized spacial score (nSPS) is 24.6. The Bertz CT molecular complexity index is 729. The van der Waals surface area contributed by atoms with Gasteiger partial charge in [0.05, 0.1) is 18.4 Å². The summed E-state index contributed by atoms with van der Waals surface area (Å²) < 4.78 is 12.1. The van der Waals surface area contributed by atoms with Crippen molar-refractivity contribution in [3.63, 3.8) is 0 Å². The molecule has 132 valence electrons. The van der Waals surface area contributed by atoms with Gasteiger partial charge in [0.2, 0.25) is 6.20 Å². The Morgan fingerprint density at radius 1 is 1.32 bits per heavy atom. The molecule has 0 N–H and O–H groups in total. The molecule has 0 saturated carbocycles. The number of hydrogen-bond acceptors (Lipinski definition) is 6. The number of rotatable bonds is 6. The molecule has 7 heteroatoms. The molecule has 0 radical (unpaired) electrons. The lowest BCUT2D eigenvalue weighted by atomic mass is 10.0. The molecule has 1 aromatic rings. The number of carbonyl (C=O) groups is 1. The van der Waals surface area contributed by atoms with Crippen molar-refractivity contribution in [2.75, 3.05) is 13.2 Å². The van der Waals surface area contributed by atoms with Crippen LogP contribution in [0, 0.1) is 0 Å². The van der Waals surface area contributed by atoms with Crippen LogP contribution in [0.5, 0.6) is 0 Å². The van der Waals surface area contributed by atoms with E-state index in [9.17, 15) is 9.90 Å². The van der Waals surface area contributed by atoms with Gasteiger partial charge in [-0.05, 0) is 24.5 Å². The maximum Gasteiger partial charge on any atom is 0.337 e. The van der Waals surface area contributed by atoms with E-state index in [4.69, 9.17) is 9.47 Å². The Hall–Kier alpha value is -2.51. The van der Waals surface area contributed by atoms with Crippen LogP contribution in [-0.2, 0) is 20.8 Å². The number of carbonyl (C=O) groups excluding carboxylic acids is 1. The fourth-order valence-corrected chi connectivity index (χ4v) is 3.02. The molecular formula is C18H21N3O4. The first-order chi connectivity index (χ1) is 12.1. The molecule has 0 aliphatic carbocycles. The molecule has 2 aliphatic heterocycles. The molecule has 0 amide bonds. The lowest BCUT2D eigenvalue weighted by molar-refractivity contribution is -0.680. The Morgan fingerprint density at radius 2 is 2.08 bits per heavy atom. The number of ether oxygens (including phenoxy) is 2. The molecule has 3 rings (SSSR count). The number of fused-ring (bicyclic) bond motifs is 1. The molecule has 0 fully saturated rings. The number of nitrogens with zero attached hydrogens (tertiary/aromatic N) is 3. The Balaban J connectivity index is 1.93. The smallest absolute Gasteiger partial charge is 0.337 e. The third-order valence-electron chi connectivity index (χ3n) is 4.07. The highest BCUT2D eigenvalue weighted by Gasteiger charge is 2.52. The third-order valence-corrected chi connectivity index (χ3v) is 4.07. The van der Waals surface area contributed by atoms with Crippen molar-refractivity contribution >= 4 is 5.97 Å². The van der Waals surface area contributed by atoms with Crippen LogP contribution in [-0.4, -0.2) is 40.7 Å². The van der Waals surface area contributed by atoms with Gasteiger partial charge in [0.25, 0.3) is 6.17 Å². The minimum atomic E-state index is -2.10. The van der Waals surface area contributed by atoms with Crippen LogP contribution >= 0.6 is 0 Å². The summed E-state index contributed by atoms with van der Waals surface area (Å²) in [6.45, 7) is 4.27. The van der Waals surface area contributed by atoms with Crippen LogP contribution in [0.2, 0.25) is 0 Å². The summed E-state index contributed by atoms with van der Waals surface area (Å²) >= 11 is 0. The molecule has 7 nitrogen and oxygen atoms in total.